The summed E-state index contributed by atoms with van der Waals surface area (Å²) < 4.78 is 25.6. The van der Waals surface area contributed by atoms with Crippen LogP contribution in [0.1, 0.15) is 30.1 Å². The molecule has 4 rings (SSSR count). The number of primary amides is 1. The van der Waals surface area contributed by atoms with E-state index in [1.165, 1.54) is 0 Å². The molecule has 1 amide bonds. The number of rotatable bonds is 8. The Labute approximate surface area is 192 Å². The molecule has 0 spiro atoms. The van der Waals surface area contributed by atoms with E-state index in [2.05, 4.69) is 25.5 Å². The van der Waals surface area contributed by atoms with E-state index in [1.54, 1.807) is 11.2 Å². The van der Waals surface area contributed by atoms with Crippen molar-refractivity contribution in [2.75, 3.05) is 47.5 Å². The first-order valence-corrected chi connectivity index (χ1v) is 12.5. The summed E-state index contributed by atoms with van der Waals surface area (Å²) in [5, 5.41) is 6.27. The van der Waals surface area contributed by atoms with Crippen molar-refractivity contribution in [3.05, 3.63) is 35.0 Å². The second kappa shape index (κ2) is 9.08. The van der Waals surface area contributed by atoms with Crippen LogP contribution in [0.5, 0.6) is 0 Å². The van der Waals surface area contributed by atoms with E-state index in [-0.39, 0.29) is 28.5 Å². The zero-order chi connectivity index (χ0) is 22.9. The standard InChI is InChI=1S/C20H26ClN7O3S/c1-2-32(30,31)28-11-9-27(10-12-28)15-7-5-14(6-8-15)24-20-25-17(21)16(18(22)29)19(26-20)23-13-3-4-13/h5-8,13H,2-4,9-12H2,1H3,(H2,22,29)(H2,23,24,25,26). The summed E-state index contributed by atoms with van der Waals surface area (Å²) >= 11 is 6.20. The number of benzene rings is 1. The second-order valence-electron chi connectivity index (χ2n) is 7.80. The summed E-state index contributed by atoms with van der Waals surface area (Å²) in [7, 11) is -3.15. The van der Waals surface area contributed by atoms with Gasteiger partial charge in [-0.1, -0.05) is 11.6 Å². The molecular formula is C20H26ClN7O3S. The average molecular weight is 480 g/mol. The van der Waals surface area contributed by atoms with Gasteiger partial charge in [0.1, 0.15) is 16.5 Å². The molecule has 1 saturated carbocycles. The summed E-state index contributed by atoms with van der Waals surface area (Å²) in [5.74, 6) is 0.0341. The highest BCUT2D eigenvalue weighted by molar-refractivity contribution is 7.89. The third kappa shape index (κ3) is 5.05. The number of halogens is 1. The van der Waals surface area contributed by atoms with Gasteiger partial charge in [-0.25, -0.2) is 8.42 Å². The molecule has 0 unspecified atom stereocenters. The molecule has 1 aromatic carbocycles. The third-order valence-corrected chi connectivity index (χ3v) is 7.67. The maximum absolute atomic E-state index is 12.0. The van der Waals surface area contributed by atoms with Crippen LogP contribution in [0.3, 0.4) is 0 Å². The van der Waals surface area contributed by atoms with Gasteiger partial charge in [0, 0.05) is 43.6 Å². The Balaban J connectivity index is 1.44. The van der Waals surface area contributed by atoms with Crippen molar-refractivity contribution in [3.63, 3.8) is 0 Å². The third-order valence-electron chi connectivity index (χ3n) is 5.51. The molecule has 0 radical (unpaired) electrons. The van der Waals surface area contributed by atoms with Gasteiger partial charge in [-0.2, -0.15) is 14.3 Å². The molecule has 0 atom stereocenters. The number of nitrogens with one attached hydrogen (secondary N) is 2. The first-order valence-electron chi connectivity index (χ1n) is 10.5. The maximum atomic E-state index is 12.0. The van der Waals surface area contributed by atoms with Gasteiger partial charge >= 0.3 is 0 Å². The number of nitrogens with zero attached hydrogens (tertiary/aromatic N) is 4. The van der Waals surface area contributed by atoms with Crippen LogP contribution in [-0.2, 0) is 10.0 Å². The first kappa shape index (κ1) is 22.6. The molecule has 2 aliphatic rings. The number of aromatic nitrogens is 2. The highest BCUT2D eigenvalue weighted by Gasteiger charge is 2.27. The Bertz CT molecular complexity index is 1100. The number of nitrogens with two attached hydrogens (primary N) is 1. The molecule has 2 aromatic rings. The van der Waals surface area contributed by atoms with Crippen molar-refractivity contribution in [3.8, 4) is 0 Å². The van der Waals surface area contributed by atoms with Gasteiger partial charge in [-0.15, -0.1) is 0 Å². The fraction of sp³-hybridized carbons (Fsp3) is 0.450. The summed E-state index contributed by atoms with van der Waals surface area (Å²) in [5.41, 5.74) is 7.28. The Hall–Kier alpha value is -2.63. The molecule has 1 saturated heterocycles. The number of amides is 1. The average Bonchev–Trinajstić information content (AvgIpc) is 3.58. The second-order valence-corrected chi connectivity index (χ2v) is 10.4. The monoisotopic (exact) mass is 479 g/mol. The summed E-state index contributed by atoms with van der Waals surface area (Å²) in [6.07, 6.45) is 2.01. The lowest BCUT2D eigenvalue weighted by atomic mass is 10.2. The SMILES string of the molecule is CCS(=O)(=O)N1CCN(c2ccc(Nc3nc(Cl)c(C(N)=O)c(NC4CC4)n3)cc2)CC1. The molecule has 2 fully saturated rings. The highest BCUT2D eigenvalue weighted by atomic mass is 35.5. The number of carbonyl (C=O) groups is 1. The van der Waals surface area contributed by atoms with E-state index in [4.69, 9.17) is 17.3 Å². The fourth-order valence-corrected chi connectivity index (χ4v) is 4.87. The first-order chi connectivity index (χ1) is 15.3. The molecular weight excluding hydrogens is 454 g/mol. The molecule has 12 heteroatoms. The summed E-state index contributed by atoms with van der Waals surface area (Å²) in [6, 6.07) is 7.94. The van der Waals surface area contributed by atoms with Crippen LogP contribution in [0.25, 0.3) is 0 Å². The smallest absolute Gasteiger partial charge is 0.255 e. The van der Waals surface area contributed by atoms with Crippen LogP contribution in [-0.4, -0.2) is 66.6 Å². The Morgan fingerprint density at radius 3 is 2.38 bits per heavy atom. The van der Waals surface area contributed by atoms with Crippen LogP contribution in [0.15, 0.2) is 24.3 Å². The predicted octanol–water partition coefficient (Wildman–Crippen LogP) is 2.02. The molecule has 10 nitrogen and oxygen atoms in total. The Morgan fingerprint density at radius 1 is 1.16 bits per heavy atom. The van der Waals surface area contributed by atoms with E-state index in [1.807, 2.05) is 24.3 Å². The van der Waals surface area contributed by atoms with Gasteiger partial charge in [-0.3, -0.25) is 4.79 Å². The molecule has 172 valence electrons. The van der Waals surface area contributed by atoms with E-state index in [0.717, 1.165) is 24.2 Å². The van der Waals surface area contributed by atoms with Gasteiger partial charge < -0.3 is 21.3 Å². The van der Waals surface area contributed by atoms with Crippen molar-refractivity contribution < 1.29 is 13.2 Å². The highest BCUT2D eigenvalue weighted by Crippen LogP contribution is 2.30. The maximum Gasteiger partial charge on any atom is 0.255 e. The fourth-order valence-electron chi connectivity index (χ4n) is 3.52. The van der Waals surface area contributed by atoms with Crippen LogP contribution >= 0.6 is 11.6 Å². The summed E-state index contributed by atoms with van der Waals surface area (Å²) in [6.45, 7) is 3.89. The van der Waals surface area contributed by atoms with Gasteiger partial charge in [0.15, 0.2) is 0 Å². The Morgan fingerprint density at radius 2 is 1.81 bits per heavy atom. The van der Waals surface area contributed by atoms with Gasteiger partial charge in [-0.05, 0) is 44.0 Å². The van der Waals surface area contributed by atoms with Crippen molar-refractivity contribution in [1.29, 1.82) is 0 Å². The molecule has 1 aromatic heterocycles. The number of hydrogen-bond donors (Lipinski definition) is 3. The zero-order valence-electron chi connectivity index (χ0n) is 17.7. The van der Waals surface area contributed by atoms with Gasteiger partial charge in [0.2, 0.25) is 16.0 Å². The molecule has 4 N–H and O–H groups in total. The minimum atomic E-state index is -3.15. The summed E-state index contributed by atoms with van der Waals surface area (Å²) in [4.78, 5) is 22.5. The molecule has 32 heavy (non-hydrogen) atoms. The van der Waals surface area contributed by atoms with Crippen molar-refractivity contribution in [2.24, 2.45) is 5.73 Å². The Kier molecular flexibility index (Phi) is 6.40. The van der Waals surface area contributed by atoms with E-state index < -0.39 is 15.9 Å². The molecule has 0 bridgehead atoms. The minimum absolute atomic E-state index is 0.00493. The minimum Gasteiger partial charge on any atom is -0.369 e. The topological polar surface area (TPSA) is 134 Å². The lowest BCUT2D eigenvalue weighted by Crippen LogP contribution is -2.49. The van der Waals surface area contributed by atoms with E-state index >= 15 is 0 Å². The quantitative estimate of drug-likeness (QED) is 0.489. The lowest BCUT2D eigenvalue weighted by molar-refractivity contribution is 0.100. The number of anilines is 4. The van der Waals surface area contributed by atoms with Gasteiger partial charge in [0.05, 0.1) is 5.75 Å². The lowest BCUT2D eigenvalue weighted by Gasteiger charge is -2.35. The van der Waals surface area contributed by atoms with E-state index in [9.17, 15) is 13.2 Å². The van der Waals surface area contributed by atoms with Crippen LogP contribution in [0.2, 0.25) is 5.15 Å². The normalized spacial score (nSPS) is 17.2. The molecule has 1 aliphatic heterocycles. The van der Waals surface area contributed by atoms with Gasteiger partial charge in [0.25, 0.3) is 5.91 Å². The zero-order valence-corrected chi connectivity index (χ0v) is 19.3. The van der Waals surface area contributed by atoms with Crippen LogP contribution in [0, 0.1) is 0 Å². The number of carbonyl (C=O) groups excluding carboxylic acids is 1. The van der Waals surface area contributed by atoms with Crippen LogP contribution < -0.4 is 21.3 Å². The van der Waals surface area contributed by atoms with Crippen molar-refractivity contribution in [1.82, 2.24) is 14.3 Å². The number of sulfonamides is 1. The van der Waals surface area contributed by atoms with Crippen molar-refractivity contribution >= 4 is 50.7 Å². The van der Waals surface area contributed by atoms with Crippen LogP contribution in [0.4, 0.5) is 23.1 Å². The molecule has 1 aliphatic carbocycles. The van der Waals surface area contributed by atoms with E-state index in [0.29, 0.717) is 32.0 Å². The molecule has 2 heterocycles. The predicted molar refractivity (Wildman–Crippen MR) is 125 cm³/mol. The number of hydrogen-bond acceptors (Lipinski definition) is 8. The number of piperazine rings is 1. The largest absolute Gasteiger partial charge is 0.369 e. The van der Waals surface area contributed by atoms with Crippen molar-refractivity contribution in [2.45, 2.75) is 25.8 Å².